The molecular formula is C13H12ClN3O3. The number of rotatable bonds is 4. The number of benzene rings is 1. The molecule has 0 aliphatic heterocycles. The van der Waals surface area contributed by atoms with Gasteiger partial charge in [0.25, 0.3) is 0 Å². The van der Waals surface area contributed by atoms with Crippen molar-refractivity contribution in [1.29, 1.82) is 0 Å². The fraction of sp³-hybridized carbons (Fsp3) is 0.154. The van der Waals surface area contributed by atoms with Gasteiger partial charge in [0.05, 0.1) is 7.11 Å². The molecule has 7 heteroatoms. The highest BCUT2D eigenvalue weighted by atomic mass is 35.5. The van der Waals surface area contributed by atoms with Crippen LogP contribution >= 0.6 is 11.6 Å². The van der Waals surface area contributed by atoms with Gasteiger partial charge in [0.2, 0.25) is 11.8 Å². The van der Waals surface area contributed by atoms with Gasteiger partial charge in [0.15, 0.2) is 0 Å². The maximum atomic E-state index is 11.6. The van der Waals surface area contributed by atoms with Crippen LogP contribution in [0.15, 0.2) is 36.4 Å². The molecular weight excluding hydrogens is 282 g/mol. The van der Waals surface area contributed by atoms with Crippen molar-refractivity contribution in [1.82, 2.24) is 9.97 Å². The van der Waals surface area contributed by atoms with E-state index in [-0.39, 0.29) is 23.6 Å². The third-order valence-electron chi connectivity index (χ3n) is 2.31. The van der Waals surface area contributed by atoms with E-state index in [9.17, 15) is 4.79 Å². The van der Waals surface area contributed by atoms with Crippen molar-refractivity contribution in [3.05, 3.63) is 47.1 Å². The van der Waals surface area contributed by atoms with E-state index in [2.05, 4.69) is 15.3 Å². The largest absolute Gasteiger partial charge is 0.481 e. The number of methoxy groups -OCH3 is 1. The van der Waals surface area contributed by atoms with Crippen LogP contribution in [0.2, 0.25) is 5.15 Å². The molecule has 1 aromatic carbocycles. The minimum absolute atomic E-state index is 0.0208. The molecule has 20 heavy (non-hydrogen) atoms. The number of ether oxygens (including phenoxy) is 2. The monoisotopic (exact) mass is 293 g/mol. The van der Waals surface area contributed by atoms with E-state index in [1.165, 1.54) is 13.2 Å². The molecule has 2 aromatic rings. The highest BCUT2D eigenvalue weighted by molar-refractivity contribution is 6.29. The van der Waals surface area contributed by atoms with Crippen LogP contribution in [0.1, 0.15) is 5.56 Å². The Morgan fingerprint density at radius 3 is 2.75 bits per heavy atom. The Kier molecular flexibility index (Phi) is 4.73. The third kappa shape index (κ3) is 4.10. The van der Waals surface area contributed by atoms with E-state index < -0.39 is 6.09 Å². The van der Waals surface area contributed by atoms with Gasteiger partial charge in [0.1, 0.15) is 11.8 Å². The smallest absolute Gasteiger partial charge is 0.414 e. The summed E-state index contributed by atoms with van der Waals surface area (Å²) in [6.07, 6.45) is -0.668. The molecule has 0 saturated heterocycles. The quantitative estimate of drug-likeness (QED) is 0.877. The molecule has 0 fully saturated rings. The number of aromatic nitrogens is 2. The van der Waals surface area contributed by atoms with Crippen molar-refractivity contribution in [2.45, 2.75) is 6.61 Å². The zero-order valence-corrected chi connectivity index (χ0v) is 11.4. The molecule has 2 rings (SSSR count). The van der Waals surface area contributed by atoms with Gasteiger partial charge in [0, 0.05) is 6.07 Å². The van der Waals surface area contributed by atoms with Gasteiger partial charge in [-0.1, -0.05) is 41.9 Å². The summed E-state index contributed by atoms with van der Waals surface area (Å²) in [6, 6.07) is 10.7. The SMILES string of the molecule is COc1cc(Cl)nc(NC(=O)OCc2ccccc2)n1. The van der Waals surface area contributed by atoms with Gasteiger partial charge in [-0.2, -0.15) is 4.98 Å². The average molecular weight is 294 g/mol. The van der Waals surface area contributed by atoms with E-state index in [0.29, 0.717) is 0 Å². The van der Waals surface area contributed by atoms with E-state index >= 15 is 0 Å². The first kappa shape index (κ1) is 14.1. The summed E-state index contributed by atoms with van der Waals surface area (Å²) in [5.74, 6) is 0.274. The lowest BCUT2D eigenvalue weighted by molar-refractivity contribution is 0.155. The average Bonchev–Trinajstić information content (AvgIpc) is 2.45. The lowest BCUT2D eigenvalue weighted by atomic mass is 10.2. The van der Waals surface area contributed by atoms with Crippen molar-refractivity contribution >= 4 is 23.6 Å². The van der Waals surface area contributed by atoms with E-state index in [1.54, 1.807) is 0 Å². The minimum atomic E-state index is -0.668. The zero-order chi connectivity index (χ0) is 14.4. The second kappa shape index (κ2) is 6.72. The molecule has 0 saturated carbocycles. The molecule has 104 valence electrons. The van der Waals surface area contributed by atoms with Crippen molar-refractivity contribution in [3.8, 4) is 5.88 Å². The summed E-state index contributed by atoms with van der Waals surface area (Å²) >= 11 is 5.76. The van der Waals surface area contributed by atoms with Gasteiger partial charge < -0.3 is 9.47 Å². The van der Waals surface area contributed by atoms with Crippen LogP contribution in [-0.4, -0.2) is 23.2 Å². The van der Waals surface area contributed by atoms with Crippen LogP contribution in [0.25, 0.3) is 0 Å². The van der Waals surface area contributed by atoms with Gasteiger partial charge in [-0.05, 0) is 5.56 Å². The van der Waals surface area contributed by atoms with Gasteiger partial charge >= 0.3 is 6.09 Å². The number of carbonyl (C=O) groups is 1. The highest BCUT2D eigenvalue weighted by Gasteiger charge is 2.08. The normalized spacial score (nSPS) is 9.90. The summed E-state index contributed by atoms with van der Waals surface area (Å²) in [6.45, 7) is 0.157. The number of hydrogen-bond donors (Lipinski definition) is 1. The number of hydrogen-bond acceptors (Lipinski definition) is 5. The Labute approximate surface area is 120 Å². The van der Waals surface area contributed by atoms with Crippen LogP contribution in [-0.2, 0) is 11.3 Å². The Morgan fingerprint density at radius 1 is 1.30 bits per heavy atom. The summed E-state index contributed by atoms with van der Waals surface area (Å²) in [7, 11) is 1.44. The summed E-state index contributed by atoms with van der Waals surface area (Å²) in [5, 5.41) is 2.54. The molecule has 0 radical (unpaired) electrons. The van der Waals surface area contributed by atoms with E-state index in [1.807, 2.05) is 30.3 Å². The van der Waals surface area contributed by atoms with Crippen LogP contribution in [0.4, 0.5) is 10.7 Å². The number of amides is 1. The molecule has 1 amide bonds. The number of nitrogens with one attached hydrogen (secondary N) is 1. The second-order valence-electron chi connectivity index (χ2n) is 3.74. The first-order chi connectivity index (χ1) is 9.67. The highest BCUT2D eigenvalue weighted by Crippen LogP contribution is 2.15. The molecule has 0 unspecified atom stereocenters. The maximum Gasteiger partial charge on any atom is 0.414 e. The minimum Gasteiger partial charge on any atom is -0.481 e. The number of anilines is 1. The Balaban J connectivity index is 1.93. The summed E-state index contributed by atoms with van der Waals surface area (Å²) in [4.78, 5) is 19.4. The molecule has 0 atom stereocenters. The van der Waals surface area contributed by atoms with Crippen molar-refractivity contribution in [3.63, 3.8) is 0 Å². The van der Waals surface area contributed by atoms with E-state index in [4.69, 9.17) is 21.1 Å². The summed E-state index contributed by atoms with van der Waals surface area (Å²) < 4.78 is 9.95. The Bertz CT molecular complexity index is 593. The Morgan fingerprint density at radius 2 is 2.05 bits per heavy atom. The molecule has 1 heterocycles. The first-order valence-electron chi connectivity index (χ1n) is 5.73. The number of halogens is 1. The van der Waals surface area contributed by atoms with Gasteiger partial charge in [-0.3, -0.25) is 5.32 Å². The third-order valence-corrected chi connectivity index (χ3v) is 2.50. The number of nitrogens with zero attached hydrogens (tertiary/aromatic N) is 2. The maximum absolute atomic E-state index is 11.6. The van der Waals surface area contributed by atoms with Crippen molar-refractivity contribution in [2.75, 3.05) is 12.4 Å². The first-order valence-corrected chi connectivity index (χ1v) is 6.11. The predicted molar refractivity (Wildman–Crippen MR) is 73.8 cm³/mol. The molecule has 0 bridgehead atoms. The van der Waals surface area contributed by atoms with Crippen molar-refractivity contribution < 1.29 is 14.3 Å². The van der Waals surface area contributed by atoms with Crippen LogP contribution in [0, 0.1) is 0 Å². The second-order valence-corrected chi connectivity index (χ2v) is 4.13. The van der Waals surface area contributed by atoms with Gasteiger partial charge in [-0.25, -0.2) is 9.78 Å². The molecule has 1 N–H and O–H groups in total. The van der Waals surface area contributed by atoms with Crippen molar-refractivity contribution in [2.24, 2.45) is 0 Å². The summed E-state index contributed by atoms with van der Waals surface area (Å²) in [5.41, 5.74) is 0.882. The standard InChI is InChI=1S/C13H12ClN3O3/c1-19-11-7-10(14)15-12(16-11)17-13(18)20-8-9-5-3-2-4-6-9/h2-7H,8H2,1H3,(H,15,16,17,18). The van der Waals surface area contributed by atoms with Crippen LogP contribution in [0.3, 0.4) is 0 Å². The fourth-order valence-electron chi connectivity index (χ4n) is 1.41. The van der Waals surface area contributed by atoms with E-state index in [0.717, 1.165) is 5.56 Å². The molecule has 0 spiro atoms. The van der Waals surface area contributed by atoms with Crippen LogP contribution < -0.4 is 10.1 Å². The van der Waals surface area contributed by atoms with Crippen LogP contribution in [0.5, 0.6) is 5.88 Å². The molecule has 1 aromatic heterocycles. The topological polar surface area (TPSA) is 73.3 Å². The zero-order valence-electron chi connectivity index (χ0n) is 10.7. The molecule has 0 aliphatic carbocycles. The number of carbonyl (C=O) groups excluding carboxylic acids is 1. The van der Waals surface area contributed by atoms with Gasteiger partial charge in [-0.15, -0.1) is 0 Å². The lowest BCUT2D eigenvalue weighted by Gasteiger charge is -2.07. The lowest BCUT2D eigenvalue weighted by Crippen LogP contribution is -2.15. The fourth-order valence-corrected chi connectivity index (χ4v) is 1.58. The molecule has 6 nitrogen and oxygen atoms in total. The Hall–Kier alpha value is -2.34. The predicted octanol–water partition coefficient (Wildman–Crippen LogP) is 2.89. The molecule has 0 aliphatic rings.